The molecule has 0 bridgehead atoms. The number of halogens is 1. The third-order valence-corrected chi connectivity index (χ3v) is 4.07. The minimum absolute atomic E-state index is 0.157. The Kier molecular flexibility index (Phi) is 4.25. The van der Waals surface area contributed by atoms with Crippen molar-refractivity contribution >= 4 is 28.9 Å². The molecule has 1 aromatic carbocycles. The first-order valence-corrected chi connectivity index (χ1v) is 6.82. The topological polar surface area (TPSA) is 98.3 Å². The molecule has 20 heavy (non-hydrogen) atoms. The fraction of sp³-hybridized carbons (Fsp3) is 0.462. The van der Waals surface area contributed by atoms with E-state index in [0.29, 0.717) is 0 Å². The van der Waals surface area contributed by atoms with Gasteiger partial charge < -0.3 is 11.1 Å². The maximum atomic E-state index is 12.4. The molecule has 0 aromatic heterocycles. The zero-order chi connectivity index (χ0) is 14.8. The Hall–Kier alpha value is -1.66. The summed E-state index contributed by atoms with van der Waals surface area (Å²) >= 11 is 5.74. The average molecular weight is 298 g/mol. The SMILES string of the molecule is NCC1(C(=O)Nc2ccc(Cl)cc2[N+](=O)[O-])CCCC1. The Bertz CT molecular complexity index is 542. The summed E-state index contributed by atoms with van der Waals surface area (Å²) in [4.78, 5) is 22.8. The highest BCUT2D eigenvalue weighted by Gasteiger charge is 2.40. The number of hydrogen-bond donors (Lipinski definition) is 2. The van der Waals surface area contributed by atoms with Crippen molar-refractivity contribution in [3.05, 3.63) is 33.3 Å². The van der Waals surface area contributed by atoms with Gasteiger partial charge in [-0.25, -0.2) is 0 Å². The quantitative estimate of drug-likeness (QED) is 0.659. The van der Waals surface area contributed by atoms with Gasteiger partial charge in [-0.1, -0.05) is 24.4 Å². The highest BCUT2D eigenvalue weighted by Crippen LogP contribution is 2.39. The van der Waals surface area contributed by atoms with Gasteiger partial charge in [0.05, 0.1) is 10.3 Å². The molecule has 6 nitrogen and oxygen atoms in total. The molecule has 1 amide bonds. The van der Waals surface area contributed by atoms with Crippen LogP contribution < -0.4 is 11.1 Å². The molecular formula is C13H16ClN3O3. The number of benzene rings is 1. The molecule has 0 aliphatic heterocycles. The number of anilines is 1. The highest BCUT2D eigenvalue weighted by molar-refractivity contribution is 6.31. The summed E-state index contributed by atoms with van der Waals surface area (Å²) in [6, 6.07) is 4.17. The second-order valence-corrected chi connectivity index (χ2v) is 5.50. The van der Waals surface area contributed by atoms with E-state index in [1.54, 1.807) is 0 Å². The van der Waals surface area contributed by atoms with Crippen LogP contribution in [0.25, 0.3) is 0 Å². The smallest absolute Gasteiger partial charge is 0.294 e. The number of nitro groups is 1. The first-order chi connectivity index (χ1) is 9.48. The maximum Gasteiger partial charge on any atom is 0.294 e. The number of nitrogens with two attached hydrogens (primary N) is 1. The Morgan fingerprint density at radius 1 is 1.45 bits per heavy atom. The molecule has 1 aliphatic rings. The van der Waals surface area contributed by atoms with Crippen LogP contribution in [0.2, 0.25) is 5.02 Å². The van der Waals surface area contributed by atoms with Crippen LogP contribution in [0.4, 0.5) is 11.4 Å². The van der Waals surface area contributed by atoms with Crippen molar-refractivity contribution in [1.29, 1.82) is 0 Å². The Morgan fingerprint density at radius 3 is 2.65 bits per heavy atom. The summed E-state index contributed by atoms with van der Waals surface area (Å²) in [5.74, 6) is -0.247. The average Bonchev–Trinajstić information content (AvgIpc) is 2.90. The van der Waals surface area contributed by atoms with Crippen LogP contribution in [0.1, 0.15) is 25.7 Å². The number of nitro benzene ring substituents is 1. The lowest BCUT2D eigenvalue weighted by Crippen LogP contribution is -2.40. The van der Waals surface area contributed by atoms with E-state index in [1.165, 1.54) is 18.2 Å². The number of amides is 1. The number of carbonyl (C=O) groups excluding carboxylic acids is 1. The highest BCUT2D eigenvalue weighted by atomic mass is 35.5. The summed E-state index contributed by atoms with van der Waals surface area (Å²) in [5.41, 5.74) is 5.07. The van der Waals surface area contributed by atoms with Crippen molar-refractivity contribution in [2.24, 2.45) is 11.1 Å². The third-order valence-electron chi connectivity index (χ3n) is 3.84. The molecule has 0 unspecified atom stereocenters. The van der Waals surface area contributed by atoms with Gasteiger partial charge in [0.15, 0.2) is 0 Å². The lowest BCUT2D eigenvalue weighted by Gasteiger charge is -2.25. The molecule has 0 heterocycles. The van der Waals surface area contributed by atoms with Crippen LogP contribution >= 0.6 is 11.6 Å². The van der Waals surface area contributed by atoms with Gasteiger partial charge >= 0.3 is 0 Å². The Labute approximate surface area is 121 Å². The predicted octanol–water partition coefficient (Wildman–Crippen LogP) is 2.71. The molecule has 7 heteroatoms. The van der Waals surface area contributed by atoms with Crippen molar-refractivity contribution in [1.82, 2.24) is 0 Å². The molecular weight excluding hydrogens is 282 g/mol. The molecule has 1 saturated carbocycles. The Balaban J connectivity index is 2.25. The normalized spacial score (nSPS) is 16.9. The van der Waals surface area contributed by atoms with Crippen LogP contribution in [0.15, 0.2) is 18.2 Å². The van der Waals surface area contributed by atoms with E-state index in [4.69, 9.17) is 17.3 Å². The number of hydrogen-bond acceptors (Lipinski definition) is 4. The zero-order valence-electron chi connectivity index (χ0n) is 10.9. The van der Waals surface area contributed by atoms with Crippen molar-refractivity contribution in [3.8, 4) is 0 Å². The van der Waals surface area contributed by atoms with E-state index in [1.807, 2.05) is 0 Å². The van der Waals surface area contributed by atoms with E-state index < -0.39 is 10.3 Å². The molecule has 1 fully saturated rings. The van der Waals surface area contributed by atoms with Crippen LogP contribution in [0, 0.1) is 15.5 Å². The summed E-state index contributed by atoms with van der Waals surface area (Å²) in [6.45, 7) is 0.250. The van der Waals surface area contributed by atoms with Gasteiger partial charge in [-0.3, -0.25) is 14.9 Å². The standard InChI is InChI=1S/C13H16ClN3O3/c14-9-3-4-10(11(7-9)17(19)20)16-12(18)13(8-15)5-1-2-6-13/h3-4,7H,1-2,5-6,8,15H2,(H,16,18). The van der Waals surface area contributed by atoms with Gasteiger partial charge in [-0.15, -0.1) is 0 Å². The summed E-state index contributed by atoms with van der Waals surface area (Å²) in [7, 11) is 0. The minimum atomic E-state index is -0.604. The first-order valence-electron chi connectivity index (χ1n) is 6.44. The maximum absolute atomic E-state index is 12.4. The molecule has 2 rings (SSSR count). The van der Waals surface area contributed by atoms with Gasteiger partial charge in [-0.2, -0.15) is 0 Å². The molecule has 0 radical (unpaired) electrons. The fourth-order valence-corrected chi connectivity index (χ4v) is 2.76. The van der Waals surface area contributed by atoms with Gasteiger partial charge in [0.1, 0.15) is 5.69 Å². The van der Waals surface area contributed by atoms with Gasteiger partial charge in [0.2, 0.25) is 5.91 Å². The number of nitrogens with zero attached hydrogens (tertiary/aromatic N) is 1. The zero-order valence-corrected chi connectivity index (χ0v) is 11.7. The van der Waals surface area contributed by atoms with Crippen molar-refractivity contribution in [2.75, 3.05) is 11.9 Å². The monoisotopic (exact) mass is 297 g/mol. The Morgan fingerprint density at radius 2 is 2.10 bits per heavy atom. The fourth-order valence-electron chi connectivity index (χ4n) is 2.59. The largest absolute Gasteiger partial charge is 0.329 e. The summed E-state index contributed by atoms with van der Waals surface area (Å²) < 4.78 is 0. The van der Waals surface area contributed by atoms with Gasteiger partial charge in [0.25, 0.3) is 5.69 Å². The van der Waals surface area contributed by atoms with E-state index in [-0.39, 0.29) is 28.8 Å². The predicted molar refractivity (Wildman–Crippen MR) is 76.7 cm³/mol. The lowest BCUT2D eigenvalue weighted by atomic mass is 9.85. The number of rotatable bonds is 4. The van der Waals surface area contributed by atoms with Gasteiger partial charge in [0, 0.05) is 17.6 Å². The molecule has 1 aromatic rings. The van der Waals surface area contributed by atoms with Crippen molar-refractivity contribution in [3.63, 3.8) is 0 Å². The second kappa shape index (κ2) is 5.76. The molecule has 0 saturated heterocycles. The van der Waals surface area contributed by atoms with Crippen LogP contribution in [0.5, 0.6) is 0 Å². The third kappa shape index (κ3) is 2.76. The van der Waals surface area contributed by atoms with Crippen molar-refractivity contribution < 1.29 is 9.72 Å². The van der Waals surface area contributed by atoms with E-state index in [0.717, 1.165) is 25.7 Å². The summed E-state index contributed by atoms with van der Waals surface area (Å²) in [6.07, 6.45) is 3.34. The number of nitrogens with one attached hydrogen (secondary N) is 1. The minimum Gasteiger partial charge on any atom is -0.329 e. The van der Waals surface area contributed by atoms with Crippen molar-refractivity contribution in [2.45, 2.75) is 25.7 Å². The molecule has 108 valence electrons. The number of carbonyl (C=O) groups is 1. The van der Waals surface area contributed by atoms with E-state index in [9.17, 15) is 14.9 Å². The van der Waals surface area contributed by atoms with Gasteiger partial charge in [-0.05, 0) is 25.0 Å². The van der Waals surface area contributed by atoms with E-state index >= 15 is 0 Å². The molecule has 1 aliphatic carbocycles. The summed E-state index contributed by atoms with van der Waals surface area (Å²) in [5, 5.41) is 13.9. The van der Waals surface area contributed by atoms with Crippen LogP contribution in [0.3, 0.4) is 0 Å². The molecule has 0 atom stereocenters. The van der Waals surface area contributed by atoms with Crippen LogP contribution in [-0.2, 0) is 4.79 Å². The second-order valence-electron chi connectivity index (χ2n) is 5.06. The molecule has 3 N–H and O–H groups in total. The van der Waals surface area contributed by atoms with E-state index in [2.05, 4.69) is 5.32 Å². The lowest BCUT2D eigenvalue weighted by molar-refractivity contribution is -0.383. The first kappa shape index (κ1) is 14.7. The van der Waals surface area contributed by atoms with Crippen LogP contribution in [-0.4, -0.2) is 17.4 Å². The molecule has 0 spiro atoms.